The summed E-state index contributed by atoms with van der Waals surface area (Å²) in [5.74, 6) is -0.0639. The first kappa shape index (κ1) is 18.4. The molecule has 0 rings (SSSR count). The Morgan fingerprint density at radius 2 is 1.58 bits per heavy atom. The van der Waals surface area contributed by atoms with Gasteiger partial charge in [-0.05, 0) is 44.2 Å². The molecule has 0 aromatic rings. The number of nitrogens with one attached hydrogen (secondary N) is 1. The molecule has 0 heterocycles. The first-order chi connectivity index (χ1) is 8.44. The van der Waals surface area contributed by atoms with Crippen molar-refractivity contribution >= 4 is 5.97 Å². The predicted octanol–water partition coefficient (Wildman–Crippen LogP) is 3.63. The second-order valence-electron chi connectivity index (χ2n) is 7.91. The molecule has 114 valence electrons. The third kappa shape index (κ3) is 5.94. The summed E-state index contributed by atoms with van der Waals surface area (Å²) in [6, 6.07) is 0. The molecule has 1 atom stereocenters. The molecule has 1 unspecified atom stereocenters. The van der Waals surface area contributed by atoms with Crippen LogP contribution < -0.4 is 5.32 Å². The molecule has 0 saturated carbocycles. The lowest BCUT2D eigenvalue weighted by Gasteiger charge is -2.43. The maximum absolute atomic E-state index is 12.5. The highest BCUT2D eigenvalue weighted by Crippen LogP contribution is 2.47. The van der Waals surface area contributed by atoms with Crippen LogP contribution in [-0.4, -0.2) is 26.2 Å². The first-order valence-electron chi connectivity index (χ1n) is 7.26. The molecule has 3 heteroatoms. The summed E-state index contributed by atoms with van der Waals surface area (Å²) in [5, 5.41) is 3.06. The monoisotopic (exact) mass is 271 g/mol. The van der Waals surface area contributed by atoms with Crippen molar-refractivity contribution in [1.29, 1.82) is 0 Å². The van der Waals surface area contributed by atoms with Gasteiger partial charge in [-0.25, -0.2) is 0 Å². The van der Waals surface area contributed by atoms with Crippen molar-refractivity contribution in [3.63, 3.8) is 0 Å². The zero-order valence-corrected chi connectivity index (χ0v) is 14.1. The Hall–Kier alpha value is -0.570. The van der Waals surface area contributed by atoms with E-state index in [9.17, 15) is 4.79 Å². The average Bonchev–Trinajstić information content (AvgIpc) is 2.20. The zero-order valence-electron chi connectivity index (χ0n) is 14.1. The quantitative estimate of drug-likeness (QED) is 0.592. The number of carbonyl (C=O) groups is 1. The van der Waals surface area contributed by atoms with Crippen LogP contribution in [0.2, 0.25) is 0 Å². The number of esters is 1. The third-order valence-electron chi connectivity index (χ3n) is 3.79. The van der Waals surface area contributed by atoms with E-state index in [0.29, 0.717) is 6.61 Å². The van der Waals surface area contributed by atoms with Crippen molar-refractivity contribution in [2.45, 2.75) is 61.3 Å². The molecule has 0 saturated heterocycles. The van der Waals surface area contributed by atoms with Crippen LogP contribution in [0.25, 0.3) is 0 Å². The van der Waals surface area contributed by atoms with Gasteiger partial charge in [0.1, 0.15) is 0 Å². The van der Waals surface area contributed by atoms with E-state index in [4.69, 9.17) is 4.74 Å². The van der Waals surface area contributed by atoms with Crippen LogP contribution in [0.1, 0.15) is 61.3 Å². The molecule has 3 nitrogen and oxygen atoms in total. The van der Waals surface area contributed by atoms with Gasteiger partial charge in [-0.15, -0.1) is 0 Å². The highest BCUT2D eigenvalue weighted by molar-refractivity contribution is 5.77. The summed E-state index contributed by atoms with van der Waals surface area (Å²) in [6.45, 7) is 16.3. The number of hydrogen-bond donors (Lipinski definition) is 1. The van der Waals surface area contributed by atoms with Gasteiger partial charge in [-0.1, -0.05) is 41.5 Å². The van der Waals surface area contributed by atoms with E-state index in [-0.39, 0.29) is 16.8 Å². The van der Waals surface area contributed by atoms with Crippen molar-refractivity contribution in [1.82, 2.24) is 5.32 Å². The molecule has 0 bridgehead atoms. The summed E-state index contributed by atoms with van der Waals surface area (Å²) in [4.78, 5) is 12.5. The molecule has 0 aromatic heterocycles. The van der Waals surface area contributed by atoms with E-state index in [1.807, 2.05) is 14.0 Å². The van der Waals surface area contributed by atoms with Crippen LogP contribution in [0.5, 0.6) is 0 Å². The SMILES string of the molecule is CNCCCOC(=O)C(C)(CC(C)(C)C)C(C)(C)C. The highest BCUT2D eigenvalue weighted by atomic mass is 16.5. The fraction of sp³-hybridized carbons (Fsp3) is 0.938. The van der Waals surface area contributed by atoms with Gasteiger partial charge in [-0.2, -0.15) is 0 Å². The zero-order chi connectivity index (χ0) is 15.3. The minimum Gasteiger partial charge on any atom is -0.465 e. The molecule has 1 N–H and O–H groups in total. The minimum absolute atomic E-state index is 0.0639. The van der Waals surface area contributed by atoms with E-state index >= 15 is 0 Å². The van der Waals surface area contributed by atoms with E-state index in [1.54, 1.807) is 0 Å². The molecule has 0 radical (unpaired) electrons. The molecule has 19 heavy (non-hydrogen) atoms. The molecule has 0 aliphatic heterocycles. The van der Waals surface area contributed by atoms with Crippen molar-refractivity contribution < 1.29 is 9.53 Å². The topological polar surface area (TPSA) is 38.3 Å². The second-order valence-corrected chi connectivity index (χ2v) is 7.91. The van der Waals surface area contributed by atoms with Crippen LogP contribution in [0.15, 0.2) is 0 Å². The van der Waals surface area contributed by atoms with E-state index < -0.39 is 5.41 Å². The molecular formula is C16H33NO2. The standard InChI is InChI=1S/C16H33NO2/c1-14(2,3)12-16(7,15(4,5)6)13(18)19-11-9-10-17-8/h17H,9-12H2,1-8H3. The van der Waals surface area contributed by atoms with Crippen molar-refractivity contribution in [2.75, 3.05) is 20.2 Å². The van der Waals surface area contributed by atoms with Crippen LogP contribution in [-0.2, 0) is 9.53 Å². The van der Waals surface area contributed by atoms with Crippen molar-refractivity contribution in [2.24, 2.45) is 16.2 Å². The van der Waals surface area contributed by atoms with Gasteiger partial charge in [0.15, 0.2) is 0 Å². The number of rotatable bonds is 6. The molecule has 0 aliphatic rings. The number of ether oxygens (including phenoxy) is 1. The summed E-state index contributed by atoms with van der Waals surface area (Å²) < 4.78 is 5.50. The van der Waals surface area contributed by atoms with Gasteiger partial charge in [0.05, 0.1) is 12.0 Å². The number of hydrogen-bond acceptors (Lipinski definition) is 3. The number of carbonyl (C=O) groups excluding carboxylic acids is 1. The largest absolute Gasteiger partial charge is 0.465 e. The fourth-order valence-electron chi connectivity index (χ4n) is 2.28. The van der Waals surface area contributed by atoms with Crippen LogP contribution in [0.4, 0.5) is 0 Å². The Balaban J connectivity index is 4.81. The Labute approximate surface area is 119 Å². The minimum atomic E-state index is -0.453. The van der Waals surface area contributed by atoms with Gasteiger partial charge in [-0.3, -0.25) is 4.79 Å². The summed E-state index contributed by atoms with van der Waals surface area (Å²) in [5.41, 5.74) is -0.461. The summed E-state index contributed by atoms with van der Waals surface area (Å²) in [6.07, 6.45) is 1.69. The van der Waals surface area contributed by atoms with Crippen molar-refractivity contribution in [3.05, 3.63) is 0 Å². The Kier molecular flexibility index (Phi) is 6.53. The maximum Gasteiger partial charge on any atom is 0.312 e. The van der Waals surface area contributed by atoms with Gasteiger partial charge in [0, 0.05) is 0 Å². The van der Waals surface area contributed by atoms with Crippen molar-refractivity contribution in [3.8, 4) is 0 Å². The second kappa shape index (κ2) is 6.74. The summed E-state index contributed by atoms with van der Waals surface area (Å²) in [7, 11) is 1.90. The lowest BCUT2D eigenvalue weighted by molar-refractivity contribution is -0.164. The lowest BCUT2D eigenvalue weighted by Crippen LogP contribution is -2.44. The van der Waals surface area contributed by atoms with Crippen LogP contribution in [0.3, 0.4) is 0 Å². The average molecular weight is 271 g/mol. The van der Waals surface area contributed by atoms with Gasteiger partial charge < -0.3 is 10.1 Å². The third-order valence-corrected chi connectivity index (χ3v) is 3.79. The molecule has 0 aromatic carbocycles. The molecule has 0 amide bonds. The smallest absolute Gasteiger partial charge is 0.312 e. The van der Waals surface area contributed by atoms with E-state index in [1.165, 1.54) is 0 Å². The maximum atomic E-state index is 12.5. The van der Waals surface area contributed by atoms with Crippen LogP contribution >= 0.6 is 0 Å². The molecule has 0 fully saturated rings. The normalized spacial score (nSPS) is 16.0. The first-order valence-corrected chi connectivity index (χ1v) is 7.26. The Morgan fingerprint density at radius 3 is 1.95 bits per heavy atom. The van der Waals surface area contributed by atoms with E-state index in [2.05, 4.69) is 46.9 Å². The lowest BCUT2D eigenvalue weighted by atomic mass is 9.61. The Bertz CT molecular complexity index is 286. The highest BCUT2D eigenvalue weighted by Gasteiger charge is 2.47. The summed E-state index contributed by atoms with van der Waals surface area (Å²) >= 11 is 0. The van der Waals surface area contributed by atoms with E-state index in [0.717, 1.165) is 19.4 Å². The molecular weight excluding hydrogens is 238 g/mol. The van der Waals surface area contributed by atoms with Gasteiger partial charge in [0.2, 0.25) is 0 Å². The van der Waals surface area contributed by atoms with Gasteiger partial charge in [0.25, 0.3) is 0 Å². The van der Waals surface area contributed by atoms with Crippen LogP contribution in [0, 0.1) is 16.2 Å². The van der Waals surface area contributed by atoms with Gasteiger partial charge >= 0.3 is 5.97 Å². The predicted molar refractivity (Wildman–Crippen MR) is 81.1 cm³/mol. The molecule has 0 aliphatic carbocycles. The fourth-order valence-corrected chi connectivity index (χ4v) is 2.28. The Morgan fingerprint density at radius 1 is 1.05 bits per heavy atom. The molecule has 0 spiro atoms.